The van der Waals surface area contributed by atoms with Crippen molar-refractivity contribution in [1.82, 2.24) is 10.4 Å². The minimum atomic E-state index is -0.861. The zero-order valence-corrected chi connectivity index (χ0v) is 21.9. The molecule has 204 valence electrons. The molecule has 0 aromatic heterocycles. The van der Waals surface area contributed by atoms with Gasteiger partial charge in [-0.1, -0.05) is 78.9 Å². The van der Waals surface area contributed by atoms with Gasteiger partial charge in [0.2, 0.25) is 0 Å². The van der Waals surface area contributed by atoms with Crippen LogP contribution in [0.3, 0.4) is 0 Å². The van der Waals surface area contributed by atoms with Crippen molar-refractivity contribution >= 4 is 18.2 Å². The molecule has 3 aromatic carbocycles. The fraction of sp³-hybridized carbons (Fsp3) is 0.233. The van der Waals surface area contributed by atoms with Crippen molar-refractivity contribution in [1.29, 1.82) is 0 Å². The number of hydrogen-bond acceptors (Lipinski definition) is 7. The number of carbonyl (C=O) groups excluding carboxylic acids is 3. The van der Waals surface area contributed by atoms with Gasteiger partial charge in [0.1, 0.15) is 19.0 Å². The Morgan fingerprint density at radius 3 is 1.95 bits per heavy atom. The highest BCUT2D eigenvalue weighted by Gasteiger charge is 2.27. The molecule has 0 aliphatic carbocycles. The summed E-state index contributed by atoms with van der Waals surface area (Å²) in [6.45, 7) is 1.87. The summed E-state index contributed by atoms with van der Waals surface area (Å²) >= 11 is 0. The van der Waals surface area contributed by atoms with E-state index in [0.29, 0.717) is 5.75 Å². The SMILES string of the molecule is CCOC(=O)/C=C/C(Cc1ccc(OC)cc1)N(NC(=O)OCc1ccccc1)C(=O)OCc1ccccc1. The van der Waals surface area contributed by atoms with Gasteiger partial charge in [0.25, 0.3) is 0 Å². The summed E-state index contributed by atoms with van der Waals surface area (Å²) in [5.74, 6) is 0.0839. The molecule has 0 saturated heterocycles. The molecule has 0 aliphatic heterocycles. The lowest BCUT2D eigenvalue weighted by Gasteiger charge is -2.29. The number of nitrogens with one attached hydrogen (secondary N) is 1. The zero-order valence-electron chi connectivity index (χ0n) is 21.9. The van der Waals surface area contributed by atoms with Crippen molar-refractivity contribution in [3.05, 3.63) is 114 Å². The second-order valence-corrected chi connectivity index (χ2v) is 8.31. The van der Waals surface area contributed by atoms with Crippen molar-refractivity contribution in [2.45, 2.75) is 32.6 Å². The summed E-state index contributed by atoms with van der Waals surface area (Å²) < 4.78 is 21.1. The number of amides is 2. The van der Waals surface area contributed by atoms with Crippen LogP contribution in [0.4, 0.5) is 9.59 Å². The highest BCUT2D eigenvalue weighted by atomic mass is 16.6. The highest BCUT2D eigenvalue weighted by molar-refractivity contribution is 5.82. The molecule has 39 heavy (non-hydrogen) atoms. The van der Waals surface area contributed by atoms with Crippen molar-refractivity contribution in [2.24, 2.45) is 0 Å². The Bertz CT molecular complexity index is 1220. The van der Waals surface area contributed by atoms with E-state index in [1.807, 2.05) is 72.8 Å². The van der Waals surface area contributed by atoms with E-state index in [1.54, 1.807) is 26.2 Å². The van der Waals surface area contributed by atoms with Crippen LogP contribution in [0.1, 0.15) is 23.6 Å². The zero-order chi connectivity index (χ0) is 27.9. The van der Waals surface area contributed by atoms with E-state index >= 15 is 0 Å². The van der Waals surface area contributed by atoms with E-state index in [0.717, 1.165) is 21.7 Å². The molecule has 1 atom stereocenters. The molecule has 0 fully saturated rings. The molecule has 1 N–H and O–H groups in total. The standard InChI is InChI=1S/C30H32N2O7/c1-3-37-28(33)19-16-26(20-23-14-17-27(36-2)18-15-23)32(30(35)39-22-25-12-8-5-9-13-25)31-29(34)38-21-24-10-6-4-7-11-24/h4-19,26H,3,20-22H2,1-2H3,(H,31,34)/b19-16+. The molecule has 1 unspecified atom stereocenters. The van der Waals surface area contributed by atoms with Crippen LogP contribution in [0.5, 0.6) is 5.75 Å². The van der Waals surface area contributed by atoms with Gasteiger partial charge in [-0.15, -0.1) is 0 Å². The maximum absolute atomic E-state index is 13.3. The van der Waals surface area contributed by atoms with E-state index in [4.69, 9.17) is 18.9 Å². The van der Waals surface area contributed by atoms with Gasteiger partial charge in [-0.2, -0.15) is 0 Å². The van der Waals surface area contributed by atoms with Crippen LogP contribution in [0, 0.1) is 0 Å². The molecule has 3 rings (SSSR count). The third-order valence-electron chi connectivity index (χ3n) is 5.50. The van der Waals surface area contributed by atoms with Gasteiger partial charge in [-0.25, -0.2) is 24.8 Å². The third kappa shape index (κ3) is 9.88. The van der Waals surface area contributed by atoms with Gasteiger partial charge in [0.15, 0.2) is 0 Å². The summed E-state index contributed by atoms with van der Waals surface area (Å²) in [5, 5.41) is 1.01. The van der Waals surface area contributed by atoms with Crippen molar-refractivity contribution in [3.63, 3.8) is 0 Å². The van der Waals surface area contributed by atoms with Crippen LogP contribution >= 0.6 is 0 Å². The van der Waals surface area contributed by atoms with Gasteiger partial charge < -0.3 is 18.9 Å². The molecule has 2 amide bonds. The van der Waals surface area contributed by atoms with E-state index in [1.165, 1.54) is 12.2 Å². The summed E-state index contributed by atoms with van der Waals surface area (Å²) in [5.41, 5.74) is 4.86. The molecule has 3 aromatic rings. The number of hydrazine groups is 1. The molecule has 0 aliphatic rings. The van der Waals surface area contributed by atoms with Crippen LogP contribution in [0.2, 0.25) is 0 Å². The molecule has 0 bridgehead atoms. The van der Waals surface area contributed by atoms with Crippen molar-refractivity contribution in [3.8, 4) is 5.75 Å². The summed E-state index contributed by atoms with van der Waals surface area (Å²) in [6, 6.07) is 24.7. The van der Waals surface area contributed by atoms with E-state index in [-0.39, 0.29) is 26.2 Å². The van der Waals surface area contributed by atoms with Crippen molar-refractivity contribution < 1.29 is 33.3 Å². The lowest BCUT2D eigenvalue weighted by molar-refractivity contribution is -0.137. The minimum Gasteiger partial charge on any atom is -0.497 e. The maximum Gasteiger partial charge on any atom is 0.429 e. The Labute approximate surface area is 227 Å². The highest BCUT2D eigenvalue weighted by Crippen LogP contribution is 2.16. The number of carbonyl (C=O) groups is 3. The molecule has 9 heteroatoms. The smallest absolute Gasteiger partial charge is 0.429 e. The van der Waals surface area contributed by atoms with Crippen LogP contribution < -0.4 is 10.2 Å². The second kappa shape index (κ2) is 15.5. The lowest BCUT2D eigenvalue weighted by atomic mass is 10.0. The van der Waals surface area contributed by atoms with E-state index in [9.17, 15) is 14.4 Å². The molecular formula is C30H32N2O7. The molecule has 0 saturated carbocycles. The van der Waals surface area contributed by atoms with Crippen LogP contribution in [-0.2, 0) is 38.6 Å². The summed E-state index contributed by atoms with van der Waals surface area (Å²) in [6.07, 6.45) is 1.23. The average Bonchev–Trinajstić information content (AvgIpc) is 2.97. The first-order chi connectivity index (χ1) is 19.0. The second-order valence-electron chi connectivity index (χ2n) is 8.31. The van der Waals surface area contributed by atoms with Gasteiger partial charge >= 0.3 is 18.2 Å². The van der Waals surface area contributed by atoms with Gasteiger partial charge in [-0.05, 0) is 42.2 Å². The average molecular weight is 533 g/mol. The fourth-order valence-electron chi connectivity index (χ4n) is 3.54. The largest absolute Gasteiger partial charge is 0.497 e. The third-order valence-corrected chi connectivity index (χ3v) is 5.50. The number of ether oxygens (including phenoxy) is 4. The molecule has 0 heterocycles. The Balaban J connectivity index is 1.83. The van der Waals surface area contributed by atoms with Crippen molar-refractivity contribution in [2.75, 3.05) is 13.7 Å². The first kappa shape index (κ1) is 28.8. The predicted octanol–water partition coefficient (Wildman–Crippen LogP) is 5.21. The Hall–Kier alpha value is -4.79. The molecule has 9 nitrogen and oxygen atoms in total. The summed E-state index contributed by atoms with van der Waals surface area (Å²) in [7, 11) is 1.56. The topological polar surface area (TPSA) is 103 Å². The van der Waals surface area contributed by atoms with E-state index < -0.39 is 24.2 Å². The van der Waals surface area contributed by atoms with E-state index in [2.05, 4.69) is 5.43 Å². The number of rotatable bonds is 11. The summed E-state index contributed by atoms with van der Waals surface area (Å²) in [4.78, 5) is 38.2. The quantitative estimate of drug-likeness (QED) is 0.157. The molecule has 0 radical (unpaired) electrons. The van der Waals surface area contributed by atoms with Crippen LogP contribution in [0.25, 0.3) is 0 Å². The van der Waals surface area contributed by atoms with Gasteiger partial charge in [0, 0.05) is 6.08 Å². The fourth-order valence-corrected chi connectivity index (χ4v) is 3.54. The Morgan fingerprint density at radius 1 is 0.795 bits per heavy atom. The Morgan fingerprint density at radius 2 is 1.38 bits per heavy atom. The normalized spacial score (nSPS) is 11.3. The van der Waals surface area contributed by atoms with Crippen LogP contribution in [0.15, 0.2) is 97.1 Å². The number of hydrogen-bond donors (Lipinski definition) is 1. The first-order valence-corrected chi connectivity index (χ1v) is 12.4. The number of benzene rings is 3. The number of esters is 1. The predicted molar refractivity (Wildman–Crippen MR) is 144 cm³/mol. The van der Waals surface area contributed by atoms with Crippen LogP contribution in [-0.4, -0.2) is 42.9 Å². The Kier molecular flexibility index (Phi) is 11.4. The van der Waals surface area contributed by atoms with Gasteiger partial charge in [0.05, 0.1) is 19.8 Å². The number of nitrogens with zero attached hydrogens (tertiary/aromatic N) is 1. The minimum absolute atomic E-state index is 0.00138. The lowest BCUT2D eigenvalue weighted by Crippen LogP contribution is -2.52. The molecular weight excluding hydrogens is 500 g/mol. The molecule has 0 spiro atoms. The monoisotopic (exact) mass is 532 g/mol. The van der Waals surface area contributed by atoms with Gasteiger partial charge in [-0.3, -0.25) is 0 Å². The number of methoxy groups -OCH3 is 1. The first-order valence-electron chi connectivity index (χ1n) is 12.4. The maximum atomic E-state index is 13.3.